The van der Waals surface area contributed by atoms with Crippen LogP contribution in [0.25, 0.3) is 0 Å². The lowest BCUT2D eigenvalue weighted by Gasteiger charge is -2.32. The Morgan fingerprint density at radius 2 is 1.86 bits per heavy atom. The SMILES string of the molecule is CC1Oc2ccccc2N(CC(=O)NCc2ccc(OC(F)(F)F)cc2)C1=O. The number of halogens is 3. The van der Waals surface area contributed by atoms with E-state index in [9.17, 15) is 22.8 Å². The average molecular weight is 394 g/mol. The molecule has 3 rings (SSSR count). The summed E-state index contributed by atoms with van der Waals surface area (Å²) in [7, 11) is 0. The lowest BCUT2D eigenvalue weighted by atomic mass is 10.2. The number of nitrogens with zero attached hydrogens (tertiary/aromatic N) is 1. The first kappa shape index (κ1) is 19.5. The second kappa shape index (κ2) is 7.79. The fourth-order valence-electron chi connectivity index (χ4n) is 2.73. The smallest absolute Gasteiger partial charge is 0.479 e. The maximum absolute atomic E-state index is 12.4. The van der Waals surface area contributed by atoms with Crippen LogP contribution in [0.1, 0.15) is 12.5 Å². The Hall–Kier alpha value is -3.23. The number of benzene rings is 2. The summed E-state index contributed by atoms with van der Waals surface area (Å²) >= 11 is 0. The summed E-state index contributed by atoms with van der Waals surface area (Å²) < 4.78 is 45.8. The number of carbonyl (C=O) groups is 2. The monoisotopic (exact) mass is 394 g/mol. The molecule has 1 unspecified atom stereocenters. The highest BCUT2D eigenvalue weighted by Gasteiger charge is 2.32. The summed E-state index contributed by atoms with van der Waals surface area (Å²) in [5, 5.41) is 2.64. The minimum absolute atomic E-state index is 0.0981. The van der Waals surface area contributed by atoms with Gasteiger partial charge in [-0.3, -0.25) is 14.5 Å². The molecule has 0 aliphatic carbocycles. The number of anilines is 1. The number of nitrogens with one attached hydrogen (secondary N) is 1. The van der Waals surface area contributed by atoms with Crippen molar-refractivity contribution in [3.8, 4) is 11.5 Å². The first-order chi connectivity index (χ1) is 13.2. The van der Waals surface area contributed by atoms with E-state index in [1.165, 1.54) is 29.2 Å². The van der Waals surface area contributed by atoms with Crippen LogP contribution in [0, 0.1) is 0 Å². The molecule has 0 saturated carbocycles. The Labute approximate surface area is 158 Å². The molecule has 0 bridgehead atoms. The number of para-hydroxylation sites is 2. The number of hydrogen-bond acceptors (Lipinski definition) is 4. The first-order valence-electron chi connectivity index (χ1n) is 8.41. The van der Waals surface area contributed by atoms with Crippen molar-refractivity contribution in [2.75, 3.05) is 11.4 Å². The number of ether oxygens (including phenoxy) is 2. The Morgan fingerprint density at radius 1 is 1.18 bits per heavy atom. The quantitative estimate of drug-likeness (QED) is 0.847. The van der Waals surface area contributed by atoms with Gasteiger partial charge in [-0.1, -0.05) is 24.3 Å². The lowest BCUT2D eigenvalue weighted by Crippen LogP contribution is -2.48. The van der Waals surface area contributed by atoms with Crippen LogP contribution in [0.2, 0.25) is 0 Å². The topological polar surface area (TPSA) is 67.9 Å². The molecular formula is C19H17F3N2O4. The molecule has 1 N–H and O–H groups in total. The highest BCUT2D eigenvalue weighted by molar-refractivity contribution is 6.03. The van der Waals surface area contributed by atoms with Gasteiger partial charge in [-0.25, -0.2) is 0 Å². The maximum Gasteiger partial charge on any atom is 0.573 e. The van der Waals surface area contributed by atoms with Crippen LogP contribution in [0.3, 0.4) is 0 Å². The molecule has 0 spiro atoms. The van der Waals surface area contributed by atoms with Crippen LogP contribution in [0.15, 0.2) is 48.5 Å². The van der Waals surface area contributed by atoms with E-state index in [-0.39, 0.29) is 24.7 Å². The second-order valence-electron chi connectivity index (χ2n) is 6.12. The van der Waals surface area contributed by atoms with Crippen LogP contribution in [0.5, 0.6) is 11.5 Å². The molecule has 0 saturated heterocycles. The molecule has 9 heteroatoms. The van der Waals surface area contributed by atoms with E-state index in [0.29, 0.717) is 17.0 Å². The lowest BCUT2D eigenvalue weighted by molar-refractivity contribution is -0.274. The van der Waals surface area contributed by atoms with Gasteiger partial charge in [-0.05, 0) is 36.8 Å². The minimum Gasteiger partial charge on any atom is -0.479 e. The molecule has 2 aromatic carbocycles. The molecule has 2 amide bonds. The van der Waals surface area contributed by atoms with Crippen molar-refractivity contribution in [1.29, 1.82) is 0 Å². The number of carbonyl (C=O) groups excluding carboxylic acids is 2. The molecule has 148 valence electrons. The molecule has 0 aromatic heterocycles. The standard InChI is InChI=1S/C19H17F3N2O4/c1-12-18(26)24(15-4-2-3-5-16(15)27-12)11-17(25)23-10-13-6-8-14(9-7-13)28-19(20,21)22/h2-9,12H,10-11H2,1H3,(H,23,25). The van der Waals surface area contributed by atoms with Crippen molar-refractivity contribution in [2.24, 2.45) is 0 Å². The summed E-state index contributed by atoms with van der Waals surface area (Å²) in [6, 6.07) is 12.1. The zero-order valence-electron chi connectivity index (χ0n) is 14.8. The van der Waals surface area contributed by atoms with E-state index in [1.807, 2.05) is 0 Å². The average Bonchev–Trinajstić information content (AvgIpc) is 2.63. The third kappa shape index (κ3) is 4.73. The predicted molar refractivity (Wildman–Crippen MR) is 93.9 cm³/mol. The van der Waals surface area contributed by atoms with Gasteiger partial charge in [0, 0.05) is 6.54 Å². The van der Waals surface area contributed by atoms with E-state index in [4.69, 9.17) is 4.74 Å². The van der Waals surface area contributed by atoms with E-state index < -0.39 is 18.4 Å². The number of amides is 2. The van der Waals surface area contributed by atoms with Gasteiger partial charge < -0.3 is 14.8 Å². The Bertz CT molecular complexity index is 868. The van der Waals surface area contributed by atoms with Crippen LogP contribution in [0.4, 0.5) is 18.9 Å². The maximum atomic E-state index is 12.4. The van der Waals surface area contributed by atoms with Crippen molar-refractivity contribution in [3.63, 3.8) is 0 Å². The van der Waals surface area contributed by atoms with E-state index >= 15 is 0 Å². The van der Waals surface area contributed by atoms with Gasteiger partial charge in [0.25, 0.3) is 5.91 Å². The zero-order chi connectivity index (χ0) is 20.3. The zero-order valence-corrected chi connectivity index (χ0v) is 14.8. The van der Waals surface area contributed by atoms with Crippen molar-refractivity contribution >= 4 is 17.5 Å². The third-order valence-corrected chi connectivity index (χ3v) is 4.02. The summed E-state index contributed by atoms with van der Waals surface area (Å²) in [5.41, 5.74) is 1.10. The van der Waals surface area contributed by atoms with Gasteiger partial charge in [-0.2, -0.15) is 0 Å². The van der Waals surface area contributed by atoms with Crippen LogP contribution >= 0.6 is 0 Å². The molecule has 1 aliphatic rings. The van der Waals surface area contributed by atoms with Gasteiger partial charge >= 0.3 is 6.36 Å². The van der Waals surface area contributed by atoms with E-state index in [0.717, 1.165) is 0 Å². The molecule has 1 heterocycles. The van der Waals surface area contributed by atoms with Crippen molar-refractivity contribution < 1.29 is 32.2 Å². The first-order valence-corrected chi connectivity index (χ1v) is 8.41. The summed E-state index contributed by atoms with van der Waals surface area (Å²) in [4.78, 5) is 26.0. The number of alkyl halides is 3. The molecule has 0 radical (unpaired) electrons. The van der Waals surface area contributed by atoms with Crippen LogP contribution < -0.4 is 19.7 Å². The van der Waals surface area contributed by atoms with Crippen molar-refractivity contribution in [1.82, 2.24) is 5.32 Å². The van der Waals surface area contributed by atoms with E-state index in [1.54, 1.807) is 31.2 Å². The summed E-state index contributed by atoms with van der Waals surface area (Å²) in [5.74, 6) is -0.565. The molecule has 28 heavy (non-hydrogen) atoms. The normalized spacial score (nSPS) is 16.2. The molecule has 1 aliphatic heterocycles. The second-order valence-corrected chi connectivity index (χ2v) is 6.12. The van der Waals surface area contributed by atoms with Gasteiger partial charge in [0.2, 0.25) is 5.91 Å². The molecule has 2 aromatic rings. The Kier molecular flexibility index (Phi) is 5.43. The van der Waals surface area contributed by atoms with Gasteiger partial charge in [0.15, 0.2) is 6.10 Å². The van der Waals surface area contributed by atoms with Gasteiger partial charge in [0.05, 0.1) is 5.69 Å². The number of rotatable bonds is 5. The molecular weight excluding hydrogens is 377 g/mol. The molecule has 1 atom stereocenters. The largest absolute Gasteiger partial charge is 0.573 e. The van der Waals surface area contributed by atoms with Gasteiger partial charge in [-0.15, -0.1) is 13.2 Å². The Morgan fingerprint density at radius 3 is 2.54 bits per heavy atom. The number of hydrogen-bond donors (Lipinski definition) is 1. The molecule has 0 fully saturated rings. The summed E-state index contributed by atoms with van der Waals surface area (Å²) in [6.45, 7) is 1.51. The fraction of sp³-hybridized carbons (Fsp3) is 0.263. The van der Waals surface area contributed by atoms with Gasteiger partial charge in [0.1, 0.15) is 18.0 Å². The molecule has 6 nitrogen and oxygen atoms in total. The number of fused-ring (bicyclic) bond motifs is 1. The highest BCUT2D eigenvalue weighted by atomic mass is 19.4. The highest BCUT2D eigenvalue weighted by Crippen LogP contribution is 2.33. The van der Waals surface area contributed by atoms with Crippen LogP contribution in [-0.4, -0.2) is 30.8 Å². The summed E-state index contributed by atoms with van der Waals surface area (Å²) in [6.07, 6.45) is -5.46. The third-order valence-electron chi connectivity index (χ3n) is 4.02. The minimum atomic E-state index is -4.76. The van der Waals surface area contributed by atoms with Crippen molar-refractivity contribution in [2.45, 2.75) is 25.9 Å². The fourth-order valence-corrected chi connectivity index (χ4v) is 2.73. The Balaban J connectivity index is 1.59. The van der Waals surface area contributed by atoms with E-state index in [2.05, 4.69) is 10.1 Å². The van der Waals surface area contributed by atoms with Crippen LogP contribution in [-0.2, 0) is 16.1 Å². The van der Waals surface area contributed by atoms with Crippen molar-refractivity contribution in [3.05, 3.63) is 54.1 Å². The predicted octanol–water partition coefficient (Wildman–Crippen LogP) is 3.02.